The van der Waals surface area contributed by atoms with E-state index in [4.69, 9.17) is 27.9 Å². The maximum Gasteiger partial charge on any atom is 0.326 e. The fourth-order valence-corrected chi connectivity index (χ4v) is 2.57. The first-order valence-electron chi connectivity index (χ1n) is 7.17. The number of benzene rings is 1. The average Bonchev–Trinajstić information content (AvgIpc) is 3.32. The van der Waals surface area contributed by atoms with Gasteiger partial charge in [0, 0.05) is 6.04 Å². The molecule has 1 aromatic carbocycles. The predicted octanol–water partition coefficient (Wildman–Crippen LogP) is 1.41. The highest BCUT2D eigenvalue weighted by molar-refractivity contribution is 6.43. The summed E-state index contributed by atoms with van der Waals surface area (Å²) in [6, 6.07) is 2.73. The van der Waals surface area contributed by atoms with Crippen LogP contribution in [0.25, 0.3) is 0 Å². The van der Waals surface area contributed by atoms with Crippen LogP contribution < -0.4 is 5.32 Å². The molecule has 1 aliphatic carbocycles. The lowest BCUT2D eigenvalue weighted by Crippen LogP contribution is -2.37. The molecule has 0 spiro atoms. The summed E-state index contributed by atoms with van der Waals surface area (Å²) in [7, 11) is 0. The van der Waals surface area contributed by atoms with Crippen molar-refractivity contribution in [3.8, 4) is 0 Å². The van der Waals surface area contributed by atoms with Gasteiger partial charge in [0.15, 0.2) is 6.61 Å². The number of esters is 1. The van der Waals surface area contributed by atoms with E-state index in [1.54, 1.807) is 0 Å². The van der Waals surface area contributed by atoms with Gasteiger partial charge in [-0.1, -0.05) is 23.2 Å². The number of rotatable bonds is 5. The van der Waals surface area contributed by atoms with Crippen molar-refractivity contribution >= 4 is 46.9 Å². The van der Waals surface area contributed by atoms with Crippen LogP contribution in [0.2, 0.25) is 10.0 Å². The number of carbonyl (C=O) groups is 4. The summed E-state index contributed by atoms with van der Waals surface area (Å²) < 4.78 is 4.79. The monoisotopic (exact) mass is 370 g/mol. The Morgan fingerprint density at radius 2 is 1.67 bits per heavy atom. The van der Waals surface area contributed by atoms with E-state index in [1.165, 1.54) is 12.1 Å². The third kappa shape index (κ3) is 3.37. The first-order chi connectivity index (χ1) is 11.4. The summed E-state index contributed by atoms with van der Waals surface area (Å²) in [5.41, 5.74) is 0.155. The van der Waals surface area contributed by atoms with E-state index >= 15 is 0 Å². The number of hydrogen-bond acceptors (Lipinski definition) is 5. The first kappa shape index (κ1) is 16.7. The van der Waals surface area contributed by atoms with Gasteiger partial charge in [-0.3, -0.25) is 24.1 Å². The van der Waals surface area contributed by atoms with Crippen LogP contribution in [0.4, 0.5) is 0 Å². The van der Waals surface area contributed by atoms with Crippen molar-refractivity contribution in [2.24, 2.45) is 0 Å². The zero-order valence-corrected chi connectivity index (χ0v) is 13.8. The fraction of sp³-hybridized carbons (Fsp3) is 0.333. The van der Waals surface area contributed by atoms with Gasteiger partial charge >= 0.3 is 5.97 Å². The Hall–Kier alpha value is -2.12. The highest BCUT2D eigenvalue weighted by Gasteiger charge is 2.37. The number of hydrogen-bond donors (Lipinski definition) is 1. The molecule has 3 rings (SSSR count). The van der Waals surface area contributed by atoms with Crippen molar-refractivity contribution in [1.82, 2.24) is 10.2 Å². The second-order valence-corrected chi connectivity index (χ2v) is 6.33. The van der Waals surface area contributed by atoms with Gasteiger partial charge in [0.05, 0.1) is 21.2 Å². The van der Waals surface area contributed by atoms with Crippen molar-refractivity contribution in [3.63, 3.8) is 0 Å². The van der Waals surface area contributed by atoms with Gasteiger partial charge in [-0.15, -0.1) is 0 Å². The highest BCUT2D eigenvalue weighted by Crippen LogP contribution is 2.31. The number of ether oxygens (including phenoxy) is 1. The third-order valence-electron chi connectivity index (χ3n) is 3.61. The summed E-state index contributed by atoms with van der Waals surface area (Å²) in [4.78, 5) is 48.4. The molecule has 0 atom stereocenters. The van der Waals surface area contributed by atoms with Gasteiger partial charge in [0.2, 0.25) is 0 Å². The molecular formula is C15H12Cl2N2O5. The Morgan fingerprint density at radius 1 is 1.12 bits per heavy atom. The van der Waals surface area contributed by atoms with Gasteiger partial charge in [-0.2, -0.15) is 0 Å². The number of halogens is 2. The summed E-state index contributed by atoms with van der Waals surface area (Å²) >= 11 is 11.7. The van der Waals surface area contributed by atoms with E-state index in [0.29, 0.717) is 0 Å². The van der Waals surface area contributed by atoms with Crippen molar-refractivity contribution < 1.29 is 23.9 Å². The molecule has 9 heteroatoms. The molecule has 1 heterocycles. The van der Waals surface area contributed by atoms with Gasteiger partial charge < -0.3 is 10.1 Å². The number of fused-ring (bicyclic) bond motifs is 1. The topological polar surface area (TPSA) is 92.8 Å². The Kier molecular flexibility index (Phi) is 4.47. The molecule has 0 radical (unpaired) electrons. The van der Waals surface area contributed by atoms with Crippen LogP contribution in [0.3, 0.4) is 0 Å². The molecule has 1 fully saturated rings. The normalized spacial score (nSPS) is 16.2. The van der Waals surface area contributed by atoms with Crippen LogP contribution in [0, 0.1) is 0 Å². The minimum atomic E-state index is -0.854. The quantitative estimate of drug-likeness (QED) is 0.624. The molecule has 1 N–H and O–H groups in total. The van der Waals surface area contributed by atoms with Gasteiger partial charge in [0.25, 0.3) is 17.7 Å². The third-order valence-corrected chi connectivity index (χ3v) is 4.33. The number of imide groups is 1. The average molecular weight is 371 g/mol. The highest BCUT2D eigenvalue weighted by atomic mass is 35.5. The number of carbonyl (C=O) groups excluding carboxylic acids is 4. The lowest BCUT2D eigenvalue weighted by molar-refractivity contribution is -0.148. The summed E-state index contributed by atoms with van der Waals surface area (Å²) in [6.07, 6.45) is 1.83. The molecule has 2 aliphatic rings. The fourth-order valence-electron chi connectivity index (χ4n) is 2.25. The van der Waals surface area contributed by atoms with Gasteiger partial charge in [-0.25, -0.2) is 0 Å². The molecule has 1 saturated carbocycles. The van der Waals surface area contributed by atoms with Gasteiger partial charge in [0.1, 0.15) is 6.54 Å². The minimum Gasteiger partial charge on any atom is -0.454 e. The van der Waals surface area contributed by atoms with Crippen LogP contribution in [0.5, 0.6) is 0 Å². The Labute approximate surface area is 146 Å². The van der Waals surface area contributed by atoms with E-state index in [2.05, 4.69) is 5.32 Å². The van der Waals surface area contributed by atoms with Crippen molar-refractivity contribution in [2.45, 2.75) is 18.9 Å². The maximum absolute atomic E-state index is 12.2. The van der Waals surface area contributed by atoms with E-state index in [-0.39, 0.29) is 27.2 Å². The molecular weight excluding hydrogens is 359 g/mol. The second kappa shape index (κ2) is 6.41. The van der Waals surface area contributed by atoms with E-state index in [1.807, 2.05) is 0 Å². The Balaban J connectivity index is 1.61. The largest absolute Gasteiger partial charge is 0.454 e. The zero-order valence-electron chi connectivity index (χ0n) is 12.3. The molecule has 126 valence electrons. The Morgan fingerprint density at radius 3 is 2.17 bits per heavy atom. The molecule has 0 bridgehead atoms. The first-order valence-corrected chi connectivity index (χ1v) is 7.92. The van der Waals surface area contributed by atoms with Crippen LogP contribution in [-0.2, 0) is 14.3 Å². The molecule has 24 heavy (non-hydrogen) atoms. The van der Waals surface area contributed by atoms with Crippen LogP contribution >= 0.6 is 23.2 Å². The second-order valence-electron chi connectivity index (χ2n) is 5.51. The molecule has 1 aromatic rings. The van der Waals surface area contributed by atoms with Crippen LogP contribution in [-0.4, -0.2) is 47.8 Å². The molecule has 1 aliphatic heterocycles. The standard InChI is InChI=1S/C15H12Cl2N2O5/c16-10-3-8-9(4-11(10)17)15(23)19(14(8)22)5-13(21)24-6-12(20)18-7-1-2-7/h3-4,7H,1-2,5-6H2,(H,18,20). The van der Waals surface area contributed by atoms with Crippen molar-refractivity contribution in [2.75, 3.05) is 13.2 Å². The SMILES string of the molecule is O=C(COC(=O)CN1C(=O)c2cc(Cl)c(Cl)cc2C1=O)NC1CC1. The molecule has 0 unspecified atom stereocenters. The zero-order chi connectivity index (χ0) is 17.4. The van der Waals surface area contributed by atoms with E-state index < -0.39 is 36.8 Å². The minimum absolute atomic E-state index is 0.0775. The summed E-state index contributed by atoms with van der Waals surface area (Å²) in [6.45, 7) is -1.03. The summed E-state index contributed by atoms with van der Waals surface area (Å²) in [5, 5.41) is 2.93. The molecule has 7 nitrogen and oxygen atoms in total. The smallest absolute Gasteiger partial charge is 0.326 e. The van der Waals surface area contributed by atoms with Crippen LogP contribution in [0.1, 0.15) is 33.6 Å². The molecule has 0 saturated heterocycles. The maximum atomic E-state index is 12.2. The number of nitrogens with zero attached hydrogens (tertiary/aromatic N) is 1. The van der Waals surface area contributed by atoms with Crippen LogP contribution in [0.15, 0.2) is 12.1 Å². The number of nitrogens with one attached hydrogen (secondary N) is 1. The lowest BCUT2D eigenvalue weighted by atomic mass is 10.1. The Bertz CT molecular complexity index is 719. The predicted molar refractivity (Wildman–Crippen MR) is 84.0 cm³/mol. The number of amides is 3. The lowest BCUT2D eigenvalue weighted by Gasteiger charge is -2.12. The molecule has 3 amide bonds. The molecule has 0 aromatic heterocycles. The summed E-state index contributed by atoms with van der Waals surface area (Å²) in [5.74, 6) is -2.58. The van der Waals surface area contributed by atoms with E-state index in [9.17, 15) is 19.2 Å². The van der Waals surface area contributed by atoms with Crippen molar-refractivity contribution in [3.05, 3.63) is 33.3 Å². The van der Waals surface area contributed by atoms with E-state index in [0.717, 1.165) is 17.7 Å². The van der Waals surface area contributed by atoms with Gasteiger partial charge in [-0.05, 0) is 25.0 Å². The van der Waals surface area contributed by atoms with Crippen molar-refractivity contribution in [1.29, 1.82) is 0 Å².